The minimum absolute atomic E-state index is 0.120. The van der Waals surface area contributed by atoms with Crippen molar-refractivity contribution in [1.82, 2.24) is 10.1 Å². The molecule has 2 rings (SSSR count). The van der Waals surface area contributed by atoms with Gasteiger partial charge in [0.2, 0.25) is 0 Å². The Morgan fingerprint density at radius 3 is 1.42 bits per heavy atom. The third-order valence-electron chi connectivity index (χ3n) is 7.94. The number of ether oxygens (including phenoxy) is 2. The predicted molar refractivity (Wildman–Crippen MR) is 151 cm³/mol. The summed E-state index contributed by atoms with van der Waals surface area (Å²) in [5.74, 6) is -0.273. The van der Waals surface area contributed by atoms with Gasteiger partial charge in [0.15, 0.2) is 0 Å². The van der Waals surface area contributed by atoms with E-state index in [4.69, 9.17) is 14.3 Å². The van der Waals surface area contributed by atoms with Gasteiger partial charge in [0, 0.05) is 30.3 Å². The summed E-state index contributed by atoms with van der Waals surface area (Å²) in [6, 6.07) is 0. The van der Waals surface area contributed by atoms with Gasteiger partial charge in [-0.3, -0.25) is 4.79 Å². The van der Waals surface area contributed by atoms with Crippen LogP contribution in [0, 0.1) is 0 Å². The van der Waals surface area contributed by atoms with Gasteiger partial charge in [-0.15, -0.1) is 0 Å². The van der Waals surface area contributed by atoms with Crippen LogP contribution in [0.15, 0.2) is 0 Å². The third kappa shape index (κ3) is 9.34. The van der Waals surface area contributed by atoms with Crippen LogP contribution in [0.1, 0.15) is 132 Å². The monoisotopic (exact) mass is 536 g/mol. The van der Waals surface area contributed by atoms with Crippen molar-refractivity contribution in [2.45, 2.75) is 167 Å². The predicted octanol–water partition coefficient (Wildman–Crippen LogP) is 5.22. The fourth-order valence-electron chi connectivity index (χ4n) is 6.61. The summed E-state index contributed by atoms with van der Waals surface area (Å²) in [5, 5.41) is 13.8. The first kappa shape index (κ1) is 32.8. The first-order valence-corrected chi connectivity index (χ1v) is 14.5. The number of piperidine rings is 2. The van der Waals surface area contributed by atoms with Crippen LogP contribution in [-0.4, -0.2) is 75.3 Å². The van der Waals surface area contributed by atoms with Gasteiger partial charge in [-0.25, -0.2) is 0 Å². The fraction of sp³-hybridized carbons (Fsp3) is 0.897. The van der Waals surface area contributed by atoms with E-state index in [0.29, 0.717) is 38.5 Å². The summed E-state index contributed by atoms with van der Waals surface area (Å²) in [6.07, 6.45) is 10.4. The number of hydrogen-bond acceptors (Lipinski definition) is 8. The standard InChI is InChI=1S/C29H53BN2O6/c1-26(2)17-22(18-27(3,4)31(26)35)37-24(33)15-13-11-9-10-12-14-16-25(34)38-23-19-28(5,6)32(36-21-30)29(7,8)20-23/h21-23,30,35H,9-20H2,1-8H3. The number of carbonyl (C=O) groups is 2. The Balaban J connectivity index is 1.57. The quantitative estimate of drug-likeness (QED) is 0.195. The summed E-state index contributed by atoms with van der Waals surface area (Å²) in [4.78, 5) is 30.5. The zero-order valence-electron chi connectivity index (χ0n) is 25.3. The maximum absolute atomic E-state index is 12.5. The molecule has 1 N–H and O–H groups in total. The molecular formula is C29H53BN2O6. The van der Waals surface area contributed by atoms with Gasteiger partial charge >= 0.3 is 128 Å². The van der Waals surface area contributed by atoms with Crippen LogP contribution in [0.25, 0.3) is 0 Å². The van der Waals surface area contributed by atoms with E-state index in [-0.39, 0.29) is 35.2 Å². The molecule has 0 bridgehead atoms. The SMILES string of the molecule is B=CON1C(C)(C)CC(OC(=O)CCCCCCCCC(=O)OC2CC(C)(C)N(O)C(C)(C)C2)CC1(C)C. The van der Waals surface area contributed by atoms with Crippen LogP contribution in [-0.2, 0) is 23.9 Å². The average molecular weight is 537 g/mol. The molecule has 0 spiro atoms. The number of nitrogens with zero attached hydrogens (tertiary/aromatic N) is 2. The summed E-state index contributed by atoms with van der Waals surface area (Å²) in [5.41, 5.74) is -1.39. The third-order valence-corrected chi connectivity index (χ3v) is 7.94. The van der Waals surface area contributed by atoms with Crippen molar-refractivity contribution >= 4 is 25.6 Å². The van der Waals surface area contributed by atoms with Gasteiger partial charge in [0.1, 0.15) is 6.10 Å². The molecule has 0 aliphatic carbocycles. The zero-order valence-corrected chi connectivity index (χ0v) is 25.3. The van der Waals surface area contributed by atoms with Crippen molar-refractivity contribution in [3.63, 3.8) is 0 Å². The van der Waals surface area contributed by atoms with Gasteiger partial charge in [-0.05, 0) is 34.1 Å². The van der Waals surface area contributed by atoms with E-state index >= 15 is 0 Å². The molecule has 218 valence electrons. The molecule has 2 aliphatic rings. The summed E-state index contributed by atoms with van der Waals surface area (Å²) < 4.78 is 11.6. The molecular weight excluding hydrogens is 483 g/mol. The van der Waals surface area contributed by atoms with Gasteiger partial charge in [0.05, 0.1) is 0 Å². The van der Waals surface area contributed by atoms with Crippen molar-refractivity contribution in [2.75, 3.05) is 0 Å². The summed E-state index contributed by atoms with van der Waals surface area (Å²) in [7, 11) is 3.68. The van der Waals surface area contributed by atoms with Crippen LogP contribution >= 0.6 is 0 Å². The van der Waals surface area contributed by atoms with E-state index in [9.17, 15) is 14.8 Å². The van der Waals surface area contributed by atoms with Gasteiger partial charge < -0.3 is 9.94 Å². The molecule has 0 aromatic carbocycles. The number of hydroxylamine groups is 4. The second-order valence-electron chi connectivity index (χ2n) is 13.8. The normalized spacial score (nSPS) is 23.5. The summed E-state index contributed by atoms with van der Waals surface area (Å²) in [6.45, 7) is 16.3. The van der Waals surface area contributed by atoms with Crippen molar-refractivity contribution in [1.29, 1.82) is 0 Å². The Kier molecular flexibility index (Phi) is 11.4. The molecule has 0 aromatic rings. The van der Waals surface area contributed by atoms with E-state index in [0.717, 1.165) is 38.5 Å². The van der Waals surface area contributed by atoms with Crippen LogP contribution < -0.4 is 0 Å². The van der Waals surface area contributed by atoms with Crippen LogP contribution in [0.4, 0.5) is 0 Å². The van der Waals surface area contributed by atoms with Crippen LogP contribution in [0.3, 0.4) is 0 Å². The van der Waals surface area contributed by atoms with Gasteiger partial charge in [-0.2, -0.15) is 5.06 Å². The van der Waals surface area contributed by atoms with E-state index < -0.39 is 11.1 Å². The number of rotatable bonds is 13. The molecule has 0 unspecified atom stereocenters. The van der Waals surface area contributed by atoms with Gasteiger partial charge in [0.25, 0.3) is 0 Å². The van der Waals surface area contributed by atoms with Crippen molar-refractivity contribution < 1.29 is 29.1 Å². The second-order valence-corrected chi connectivity index (χ2v) is 13.8. The fourth-order valence-corrected chi connectivity index (χ4v) is 6.61. The first-order chi connectivity index (χ1) is 17.5. The molecule has 2 heterocycles. The number of carbonyl (C=O) groups excluding carboxylic acids is 2. The van der Waals surface area contributed by atoms with Crippen molar-refractivity contribution in [3.8, 4) is 0 Å². The average Bonchev–Trinajstić information content (AvgIpc) is 2.75. The maximum atomic E-state index is 12.5. The molecule has 0 saturated carbocycles. The Bertz CT molecular complexity index is 777. The second kappa shape index (κ2) is 13.3. The Morgan fingerprint density at radius 2 is 1.05 bits per heavy atom. The molecule has 8 nitrogen and oxygen atoms in total. The minimum atomic E-state index is -0.426. The molecule has 38 heavy (non-hydrogen) atoms. The molecule has 0 amide bonds. The van der Waals surface area contributed by atoms with E-state index in [2.05, 4.69) is 35.2 Å². The Labute approximate surface area is 231 Å². The van der Waals surface area contributed by atoms with Gasteiger partial charge in [-0.1, -0.05) is 12.8 Å². The van der Waals surface area contributed by atoms with Crippen LogP contribution in [0.5, 0.6) is 0 Å². The summed E-state index contributed by atoms with van der Waals surface area (Å²) >= 11 is 0. The molecule has 9 heteroatoms. The Hall–Kier alpha value is -1.45. The van der Waals surface area contributed by atoms with Crippen molar-refractivity contribution in [3.05, 3.63) is 0 Å². The molecule has 0 aromatic heterocycles. The molecule has 2 aliphatic heterocycles. The molecule has 2 saturated heterocycles. The molecule has 0 radical (unpaired) electrons. The number of unbranched alkanes of at least 4 members (excludes halogenated alkanes) is 5. The first-order valence-electron chi connectivity index (χ1n) is 14.5. The zero-order chi connectivity index (χ0) is 28.8. The van der Waals surface area contributed by atoms with Crippen molar-refractivity contribution in [2.24, 2.45) is 0 Å². The topological polar surface area (TPSA) is 88.5 Å². The van der Waals surface area contributed by atoms with Crippen LogP contribution in [0.2, 0.25) is 0 Å². The van der Waals surface area contributed by atoms with E-state index in [1.165, 1.54) is 11.2 Å². The van der Waals surface area contributed by atoms with E-state index in [1.807, 2.05) is 32.8 Å². The number of esters is 2. The Morgan fingerprint density at radius 1 is 0.711 bits per heavy atom. The number of hydrogen-bond donors (Lipinski definition) is 1. The molecule has 2 fully saturated rings. The molecule has 0 atom stereocenters. The van der Waals surface area contributed by atoms with E-state index in [1.54, 1.807) is 0 Å².